The molecule has 24 heavy (non-hydrogen) atoms. The topological polar surface area (TPSA) is 69.7 Å². The van der Waals surface area contributed by atoms with Crippen LogP contribution in [-0.4, -0.2) is 23.2 Å². The van der Waals surface area contributed by atoms with Crippen LogP contribution in [0, 0.1) is 0 Å². The highest BCUT2D eigenvalue weighted by molar-refractivity contribution is 5.67. The molecule has 1 aliphatic rings. The molecule has 2 aromatic rings. The smallest absolute Gasteiger partial charge is 0.407 e. The number of nitrogens with one attached hydrogen (secondary N) is 1. The molecule has 3 rings (SSSR count). The summed E-state index contributed by atoms with van der Waals surface area (Å²) in [6, 6.07) is 9.19. The average molecular weight is 328 g/mol. The Bertz CT molecular complexity index is 740. The molecule has 1 unspecified atom stereocenters. The second-order valence-electron chi connectivity index (χ2n) is 6.45. The van der Waals surface area contributed by atoms with Gasteiger partial charge in [0, 0.05) is 12.4 Å². The van der Waals surface area contributed by atoms with Gasteiger partial charge in [0.15, 0.2) is 11.5 Å². The molecule has 1 N–H and O–H groups in total. The highest BCUT2D eigenvalue weighted by Gasteiger charge is 2.26. The van der Waals surface area contributed by atoms with Gasteiger partial charge in [-0.25, -0.2) is 4.79 Å². The summed E-state index contributed by atoms with van der Waals surface area (Å²) in [6.45, 7) is 5.69. The van der Waals surface area contributed by atoms with Crippen LogP contribution in [-0.2, 0) is 4.74 Å². The molecular formula is C18H20N2O4. The summed E-state index contributed by atoms with van der Waals surface area (Å²) in [5.41, 5.74) is 0.216. The fourth-order valence-corrected chi connectivity index (χ4v) is 2.34. The molecule has 0 spiro atoms. The maximum atomic E-state index is 11.9. The lowest BCUT2D eigenvalue weighted by Gasteiger charge is -2.22. The number of ether oxygens (including phenoxy) is 3. The fourth-order valence-electron chi connectivity index (χ4n) is 2.34. The van der Waals surface area contributed by atoms with E-state index in [0.29, 0.717) is 17.2 Å². The van der Waals surface area contributed by atoms with Gasteiger partial charge in [0.1, 0.15) is 17.5 Å². The number of nitrogens with zero attached hydrogens (tertiary/aromatic N) is 1. The normalized spacial score (nSPS) is 15.9. The van der Waals surface area contributed by atoms with E-state index in [9.17, 15) is 4.79 Å². The molecule has 1 amide bonds. The fraction of sp³-hybridized carbons (Fsp3) is 0.333. The molecule has 0 bridgehead atoms. The van der Waals surface area contributed by atoms with Gasteiger partial charge in [-0.2, -0.15) is 0 Å². The van der Waals surface area contributed by atoms with Gasteiger partial charge in [-0.15, -0.1) is 0 Å². The van der Waals surface area contributed by atoms with Crippen LogP contribution in [0.2, 0.25) is 0 Å². The highest BCUT2D eigenvalue weighted by atomic mass is 16.6. The molecule has 126 valence electrons. The first-order valence-electron chi connectivity index (χ1n) is 7.77. The zero-order valence-electron chi connectivity index (χ0n) is 13.9. The second kappa shape index (κ2) is 6.39. The summed E-state index contributed by atoms with van der Waals surface area (Å²) in [5.74, 6) is 1.90. The van der Waals surface area contributed by atoms with Crippen LogP contribution in [0.5, 0.6) is 17.2 Å². The van der Waals surface area contributed by atoms with Crippen LogP contribution in [0.15, 0.2) is 42.7 Å². The largest absolute Gasteiger partial charge is 0.480 e. The van der Waals surface area contributed by atoms with Crippen molar-refractivity contribution in [3.05, 3.63) is 48.3 Å². The number of alkyl carbamates (subject to hydrolysis) is 1. The van der Waals surface area contributed by atoms with Gasteiger partial charge in [-0.05, 0) is 39.0 Å². The summed E-state index contributed by atoms with van der Waals surface area (Å²) in [5, 5.41) is 2.74. The molecule has 6 nitrogen and oxygen atoms in total. The molecule has 0 saturated heterocycles. The third-order valence-corrected chi connectivity index (χ3v) is 3.33. The number of carbonyl (C=O) groups excluding carboxylic acids is 1. The minimum Gasteiger partial charge on any atom is -0.480 e. The summed E-state index contributed by atoms with van der Waals surface area (Å²) in [6.07, 6.45) is 2.42. The number of hydrogen-bond donors (Lipinski definition) is 1. The average Bonchev–Trinajstić information content (AvgIpc) is 2.67. The molecule has 1 aromatic heterocycles. The molecule has 0 fully saturated rings. The highest BCUT2D eigenvalue weighted by Crippen LogP contribution is 2.40. The van der Waals surface area contributed by atoms with Gasteiger partial charge in [0.2, 0.25) is 0 Å². The predicted molar refractivity (Wildman–Crippen MR) is 88.4 cm³/mol. The Balaban J connectivity index is 1.80. The van der Waals surface area contributed by atoms with Gasteiger partial charge in [0.05, 0.1) is 12.1 Å². The lowest BCUT2D eigenvalue weighted by atomic mass is 10.1. The third kappa shape index (κ3) is 3.76. The van der Waals surface area contributed by atoms with Crippen molar-refractivity contribution < 1.29 is 19.0 Å². The maximum absolute atomic E-state index is 11.9. The number of rotatable bonds is 2. The second-order valence-corrected chi connectivity index (χ2v) is 6.45. The Kier molecular flexibility index (Phi) is 4.29. The number of pyridine rings is 1. The van der Waals surface area contributed by atoms with E-state index in [0.717, 1.165) is 5.56 Å². The molecular weight excluding hydrogens is 308 g/mol. The van der Waals surface area contributed by atoms with E-state index in [4.69, 9.17) is 14.2 Å². The Hall–Kier alpha value is -2.76. The molecule has 0 radical (unpaired) electrons. The van der Waals surface area contributed by atoms with Crippen LogP contribution in [0.25, 0.3) is 0 Å². The van der Waals surface area contributed by atoms with E-state index in [-0.39, 0.29) is 6.54 Å². The summed E-state index contributed by atoms with van der Waals surface area (Å²) >= 11 is 0. The Morgan fingerprint density at radius 1 is 1.21 bits per heavy atom. The van der Waals surface area contributed by atoms with Crippen molar-refractivity contribution in [2.24, 2.45) is 0 Å². The van der Waals surface area contributed by atoms with Crippen molar-refractivity contribution >= 4 is 6.09 Å². The van der Waals surface area contributed by atoms with Gasteiger partial charge in [-0.3, -0.25) is 4.98 Å². The lowest BCUT2D eigenvalue weighted by Crippen LogP contribution is -2.35. The molecule has 0 saturated carbocycles. The lowest BCUT2D eigenvalue weighted by molar-refractivity contribution is 0.0501. The van der Waals surface area contributed by atoms with Crippen molar-refractivity contribution in [3.8, 4) is 17.2 Å². The van der Waals surface area contributed by atoms with Crippen LogP contribution in [0.4, 0.5) is 4.79 Å². The van der Waals surface area contributed by atoms with Gasteiger partial charge in [0.25, 0.3) is 0 Å². The number of benzene rings is 1. The van der Waals surface area contributed by atoms with Gasteiger partial charge in [-0.1, -0.05) is 12.1 Å². The molecule has 1 aliphatic heterocycles. The Morgan fingerprint density at radius 3 is 2.71 bits per heavy atom. The minimum absolute atomic E-state index is 0.241. The van der Waals surface area contributed by atoms with Gasteiger partial charge >= 0.3 is 6.09 Å². The summed E-state index contributed by atoms with van der Waals surface area (Å²) in [7, 11) is 0. The third-order valence-electron chi connectivity index (χ3n) is 3.33. The number of fused-ring (bicyclic) bond motifs is 2. The standard InChI is InChI=1S/C18H20N2O4/c1-18(2,3)24-17(21)20-11-16-12-10-19-9-8-13(12)22-14-6-4-5-7-15(14)23-16/h4-10,16H,11H2,1-3H3,(H,20,21). The summed E-state index contributed by atoms with van der Waals surface area (Å²) < 4.78 is 17.2. The van der Waals surface area contributed by atoms with Crippen LogP contribution in [0.3, 0.4) is 0 Å². The molecule has 0 aliphatic carbocycles. The molecule has 2 heterocycles. The number of aromatic nitrogens is 1. The summed E-state index contributed by atoms with van der Waals surface area (Å²) in [4.78, 5) is 16.0. The van der Waals surface area contributed by atoms with Crippen molar-refractivity contribution in [1.82, 2.24) is 10.3 Å². The Morgan fingerprint density at radius 2 is 1.96 bits per heavy atom. The maximum Gasteiger partial charge on any atom is 0.407 e. The van der Waals surface area contributed by atoms with E-state index in [2.05, 4.69) is 10.3 Å². The van der Waals surface area contributed by atoms with E-state index in [1.54, 1.807) is 18.5 Å². The van der Waals surface area contributed by atoms with Gasteiger partial charge < -0.3 is 19.5 Å². The number of hydrogen-bond acceptors (Lipinski definition) is 5. The van der Waals surface area contributed by atoms with E-state index >= 15 is 0 Å². The zero-order valence-corrected chi connectivity index (χ0v) is 13.9. The van der Waals surface area contributed by atoms with E-state index in [1.807, 2.05) is 45.0 Å². The number of amides is 1. The van der Waals surface area contributed by atoms with E-state index < -0.39 is 17.8 Å². The zero-order chi connectivity index (χ0) is 17.2. The Labute approximate surface area is 140 Å². The monoisotopic (exact) mass is 328 g/mol. The SMILES string of the molecule is CC(C)(C)OC(=O)NCC1Oc2ccccc2Oc2ccncc21. The molecule has 6 heteroatoms. The first kappa shape index (κ1) is 16.1. The first-order valence-corrected chi connectivity index (χ1v) is 7.77. The number of para-hydroxylation sites is 2. The number of carbonyl (C=O) groups is 1. The first-order chi connectivity index (χ1) is 11.4. The molecule has 1 aromatic carbocycles. The minimum atomic E-state index is -0.552. The predicted octanol–water partition coefficient (Wildman–Crippen LogP) is 3.83. The van der Waals surface area contributed by atoms with Crippen molar-refractivity contribution in [1.29, 1.82) is 0 Å². The van der Waals surface area contributed by atoms with Crippen molar-refractivity contribution in [3.63, 3.8) is 0 Å². The van der Waals surface area contributed by atoms with Crippen molar-refractivity contribution in [2.75, 3.05) is 6.54 Å². The molecule has 1 atom stereocenters. The van der Waals surface area contributed by atoms with Crippen LogP contribution in [0.1, 0.15) is 32.4 Å². The van der Waals surface area contributed by atoms with Crippen molar-refractivity contribution in [2.45, 2.75) is 32.5 Å². The van der Waals surface area contributed by atoms with Crippen LogP contribution < -0.4 is 14.8 Å². The quantitative estimate of drug-likeness (QED) is 0.907. The van der Waals surface area contributed by atoms with E-state index in [1.165, 1.54) is 0 Å². The van der Waals surface area contributed by atoms with Crippen LogP contribution >= 0.6 is 0 Å².